The van der Waals surface area contributed by atoms with Crippen molar-refractivity contribution in [2.24, 2.45) is 0 Å². The normalized spacial score (nSPS) is 25.9. The third kappa shape index (κ3) is 2.29. The van der Waals surface area contributed by atoms with E-state index in [0.29, 0.717) is 0 Å². The van der Waals surface area contributed by atoms with Crippen LogP contribution in [0.3, 0.4) is 0 Å². The SMILES string of the molecule is CC1(C)OB(C2=CC3c4ccccc4OC3c3c2[nH]c2ccccc32)OC1(C)C. The Morgan fingerprint density at radius 3 is 2.38 bits per heavy atom. The van der Waals surface area contributed by atoms with Gasteiger partial charge in [0.25, 0.3) is 0 Å². The molecule has 1 aromatic heterocycles. The van der Waals surface area contributed by atoms with Gasteiger partial charge in [-0.3, -0.25) is 0 Å². The maximum Gasteiger partial charge on any atom is 0.496 e. The van der Waals surface area contributed by atoms with Crippen LogP contribution in [0.1, 0.15) is 56.5 Å². The third-order valence-electron chi connectivity index (χ3n) is 7.04. The highest BCUT2D eigenvalue weighted by molar-refractivity contribution is 6.69. The summed E-state index contributed by atoms with van der Waals surface area (Å²) in [5.41, 5.74) is 4.91. The summed E-state index contributed by atoms with van der Waals surface area (Å²) in [5, 5.41) is 1.20. The quantitative estimate of drug-likeness (QED) is 0.570. The maximum absolute atomic E-state index is 6.45. The first kappa shape index (κ1) is 17.4. The van der Waals surface area contributed by atoms with Gasteiger partial charge in [0.1, 0.15) is 11.9 Å². The van der Waals surface area contributed by atoms with Crippen molar-refractivity contribution in [3.63, 3.8) is 0 Å². The van der Waals surface area contributed by atoms with E-state index in [1.807, 2.05) is 6.07 Å². The van der Waals surface area contributed by atoms with Gasteiger partial charge in [0.05, 0.1) is 11.2 Å². The Balaban J connectivity index is 1.57. The molecule has 0 spiro atoms. The van der Waals surface area contributed by atoms with Crippen LogP contribution in [0, 0.1) is 0 Å². The van der Waals surface area contributed by atoms with E-state index in [0.717, 1.165) is 22.4 Å². The molecule has 4 nitrogen and oxygen atoms in total. The molecule has 3 heterocycles. The Hall–Kier alpha value is -2.50. The number of hydrogen-bond donors (Lipinski definition) is 1. The van der Waals surface area contributed by atoms with Gasteiger partial charge in [0.2, 0.25) is 0 Å². The Morgan fingerprint density at radius 1 is 0.897 bits per heavy atom. The van der Waals surface area contributed by atoms with E-state index in [2.05, 4.69) is 81.2 Å². The molecule has 29 heavy (non-hydrogen) atoms. The molecule has 1 N–H and O–H groups in total. The minimum absolute atomic E-state index is 0.0373. The summed E-state index contributed by atoms with van der Waals surface area (Å²) in [6, 6.07) is 16.8. The predicted octanol–water partition coefficient (Wildman–Crippen LogP) is 5.41. The lowest BCUT2D eigenvalue weighted by Gasteiger charge is -2.32. The first-order valence-corrected chi connectivity index (χ1v) is 10.3. The van der Waals surface area contributed by atoms with Gasteiger partial charge in [-0.1, -0.05) is 42.5 Å². The van der Waals surface area contributed by atoms with Crippen LogP contribution in [0.25, 0.3) is 16.4 Å². The Kier molecular flexibility index (Phi) is 3.33. The van der Waals surface area contributed by atoms with Gasteiger partial charge in [-0.25, -0.2) is 0 Å². The summed E-state index contributed by atoms with van der Waals surface area (Å²) in [7, 11) is -0.416. The number of benzene rings is 2. The zero-order valence-corrected chi connectivity index (χ0v) is 17.2. The summed E-state index contributed by atoms with van der Waals surface area (Å²) in [6.07, 6.45) is 2.25. The molecule has 146 valence electrons. The molecule has 2 atom stereocenters. The van der Waals surface area contributed by atoms with Crippen molar-refractivity contribution < 1.29 is 14.0 Å². The second kappa shape index (κ2) is 5.56. The number of aromatic amines is 1. The minimum atomic E-state index is -0.416. The van der Waals surface area contributed by atoms with Gasteiger partial charge >= 0.3 is 7.12 Å². The van der Waals surface area contributed by atoms with Gasteiger partial charge in [-0.2, -0.15) is 0 Å². The van der Waals surface area contributed by atoms with Crippen molar-refractivity contribution >= 4 is 23.5 Å². The number of nitrogens with one attached hydrogen (secondary N) is 1. The van der Waals surface area contributed by atoms with Crippen LogP contribution < -0.4 is 4.74 Å². The number of fused-ring (bicyclic) bond motifs is 7. The Morgan fingerprint density at radius 2 is 1.59 bits per heavy atom. The lowest BCUT2D eigenvalue weighted by Crippen LogP contribution is -2.41. The Bertz CT molecular complexity index is 1160. The van der Waals surface area contributed by atoms with Crippen molar-refractivity contribution in [1.82, 2.24) is 4.98 Å². The molecule has 5 heteroatoms. The molecule has 3 aromatic rings. The fraction of sp³-hybridized carbons (Fsp3) is 0.333. The van der Waals surface area contributed by atoms with E-state index < -0.39 is 7.12 Å². The largest absolute Gasteiger partial charge is 0.496 e. The van der Waals surface area contributed by atoms with Crippen molar-refractivity contribution in [2.45, 2.75) is 50.9 Å². The highest BCUT2D eigenvalue weighted by Crippen LogP contribution is 2.55. The summed E-state index contributed by atoms with van der Waals surface area (Å²) in [6.45, 7) is 8.39. The average molecular weight is 385 g/mol. The minimum Gasteiger partial charge on any atom is -0.484 e. The summed E-state index contributed by atoms with van der Waals surface area (Å²) in [5.74, 6) is 1.11. The van der Waals surface area contributed by atoms with Crippen LogP contribution in [0.5, 0.6) is 5.75 Å². The fourth-order valence-electron chi connectivity index (χ4n) is 4.78. The van der Waals surface area contributed by atoms with Crippen LogP contribution in [0.2, 0.25) is 0 Å². The second-order valence-electron chi connectivity index (χ2n) is 9.27. The lowest BCUT2D eigenvalue weighted by molar-refractivity contribution is 0.00578. The van der Waals surface area contributed by atoms with E-state index in [9.17, 15) is 0 Å². The van der Waals surface area contributed by atoms with Gasteiger partial charge in [0.15, 0.2) is 0 Å². The van der Waals surface area contributed by atoms with Gasteiger partial charge in [-0.15, -0.1) is 0 Å². The number of aromatic nitrogens is 1. The number of H-pyrrole nitrogens is 1. The highest BCUT2D eigenvalue weighted by Gasteiger charge is 2.54. The van der Waals surface area contributed by atoms with Crippen molar-refractivity contribution in [3.05, 3.63) is 71.4 Å². The molecule has 0 amide bonds. The predicted molar refractivity (Wildman–Crippen MR) is 115 cm³/mol. The van der Waals surface area contributed by atoms with Crippen LogP contribution in [-0.2, 0) is 9.31 Å². The average Bonchev–Trinajstić information content (AvgIpc) is 3.30. The van der Waals surface area contributed by atoms with Crippen molar-refractivity contribution in [2.75, 3.05) is 0 Å². The third-order valence-corrected chi connectivity index (χ3v) is 7.04. The molecule has 0 saturated carbocycles. The highest BCUT2D eigenvalue weighted by atomic mass is 16.7. The van der Waals surface area contributed by atoms with E-state index in [4.69, 9.17) is 14.0 Å². The summed E-state index contributed by atoms with van der Waals surface area (Å²) < 4.78 is 19.3. The van der Waals surface area contributed by atoms with Crippen LogP contribution in [-0.4, -0.2) is 23.3 Å². The molecule has 2 unspecified atom stereocenters. The fourth-order valence-corrected chi connectivity index (χ4v) is 4.78. The summed E-state index contributed by atoms with van der Waals surface area (Å²) in [4.78, 5) is 3.63. The molecular formula is C24H24BNO3. The van der Waals surface area contributed by atoms with Crippen molar-refractivity contribution in [1.29, 1.82) is 0 Å². The van der Waals surface area contributed by atoms with E-state index in [1.54, 1.807) is 0 Å². The van der Waals surface area contributed by atoms with E-state index in [-0.39, 0.29) is 23.2 Å². The molecule has 0 bridgehead atoms. The van der Waals surface area contributed by atoms with Crippen molar-refractivity contribution in [3.8, 4) is 5.75 Å². The standard InChI is InChI=1S/C24H24BNO3/c1-23(2)24(3,4)29-25(28-23)17-13-16-14-9-6-8-12-19(14)27-22(16)20-15-10-5-7-11-18(15)26-21(17)20/h5-13,16,22,26H,1-4H3. The first-order valence-electron chi connectivity index (χ1n) is 10.3. The van der Waals surface area contributed by atoms with Gasteiger partial charge in [-0.05, 0) is 39.8 Å². The number of ether oxygens (including phenoxy) is 1. The second-order valence-corrected chi connectivity index (χ2v) is 9.27. The smallest absolute Gasteiger partial charge is 0.484 e. The van der Waals surface area contributed by atoms with Crippen LogP contribution in [0.4, 0.5) is 0 Å². The zero-order valence-electron chi connectivity index (χ0n) is 17.2. The van der Waals surface area contributed by atoms with Crippen LogP contribution >= 0.6 is 0 Å². The number of hydrogen-bond acceptors (Lipinski definition) is 3. The molecule has 1 aliphatic carbocycles. The van der Waals surface area contributed by atoms with Gasteiger partial charge in [0, 0.05) is 39.1 Å². The molecule has 2 aromatic carbocycles. The molecule has 1 saturated heterocycles. The molecule has 2 aliphatic heterocycles. The molecule has 3 aliphatic rings. The number of para-hydroxylation sites is 2. The Labute approximate surface area is 171 Å². The topological polar surface area (TPSA) is 43.5 Å². The lowest BCUT2D eigenvalue weighted by atomic mass is 9.68. The molecule has 0 radical (unpaired) electrons. The van der Waals surface area contributed by atoms with Crippen LogP contribution in [0.15, 0.2) is 54.6 Å². The van der Waals surface area contributed by atoms with E-state index in [1.165, 1.54) is 16.5 Å². The monoisotopic (exact) mass is 385 g/mol. The molecular weight excluding hydrogens is 361 g/mol. The molecule has 6 rings (SSSR count). The first-order chi connectivity index (χ1) is 13.9. The maximum atomic E-state index is 6.45. The summed E-state index contributed by atoms with van der Waals surface area (Å²) >= 11 is 0. The van der Waals surface area contributed by atoms with E-state index >= 15 is 0 Å². The zero-order chi connectivity index (χ0) is 20.0. The van der Waals surface area contributed by atoms with Gasteiger partial charge < -0.3 is 19.0 Å². The number of rotatable bonds is 1. The molecule has 1 fully saturated rings.